The number of carbonyl (C=O) groups is 1. The second-order valence-corrected chi connectivity index (χ2v) is 6.47. The van der Waals surface area contributed by atoms with E-state index in [1.54, 1.807) is 24.3 Å². The van der Waals surface area contributed by atoms with E-state index < -0.39 is 4.92 Å². The summed E-state index contributed by atoms with van der Waals surface area (Å²) >= 11 is 6.09. The number of hydrogen-bond acceptors (Lipinski definition) is 5. The highest BCUT2D eigenvalue weighted by atomic mass is 35.5. The number of rotatable bonds is 6. The molecule has 0 unspecified atom stereocenters. The largest absolute Gasteiger partial charge is 0.493 e. The first-order valence-corrected chi connectivity index (χ1v) is 8.64. The normalized spacial score (nSPS) is 11.1. The van der Waals surface area contributed by atoms with Crippen LogP contribution in [0, 0.1) is 10.1 Å². The van der Waals surface area contributed by atoms with Crippen LogP contribution in [-0.2, 0) is 4.79 Å². The third kappa shape index (κ3) is 3.57. The van der Waals surface area contributed by atoms with Crippen molar-refractivity contribution in [3.63, 3.8) is 0 Å². The number of nitrogens with zero attached hydrogens (tertiary/aromatic N) is 1. The number of ketones is 1. The zero-order valence-corrected chi connectivity index (χ0v) is 16.2. The molecule has 2 aromatic carbocycles. The summed E-state index contributed by atoms with van der Waals surface area (Å²) in [5.74, 6) is 0.454. The lowest BCUT2D eigenvalue weighted by Crippen LogP contribution is -1.98. The van der Waals surface area contributed by atoms with Crippen LogP contribution in [0.1, 0.15) is 12.5 Å². The van der Waals surface area contributed by atoms with E-state index in [2.05, 4.69) is 4.98 Å². The lowest BCUT2D eigenvalue weighted by Gasteiger charge is -2.10. The molecule has 0 atom stereocenters. The van der Waals surface area contributed by atoms with Crippen molar-refractivity contribution >= 4 is 40.1 Å². The van der Waals surface area contributed by atoms with Gasteiger partial charge in [0.05, 0.1) is 36.5 Å². The van der Waals surface area contributed by atoms with E-state index in [0.29, 0.717) is 33.1 Å². The maximum absolute atomic E-state index is 11.7. The molecule has 0 amide bonds. The van der Waals surface area contributed by atoms with Gasteiger partial charge in [0.2, 0.25) is 0 Å². The first-order chi connectivity index (χ1) is 13.3. The third-order valence-corrected chi connectivity index (χ3v) is 4.49. The van der Waals surface area contributed by atoms with Gasteiger partial charge in [0, 0.05) is 27.6 Å². The molecule has 0 saturated heterocycles. The van der Waals surface area contributed by atoms with Crippen LogP contribution < -0.4 is 9.47 Å². The number of ether oxygens (including phenoxy) is 2. The molecule has 0 aliphatic rings. The van der Waals surface area contributed by atoms with Crippen molar-refractivity contribution in [2.45, 2.75) is 6.92 Å². The monoisotopic (exact) mass is 400 g/mol. The van der Waals surface area contributed by atoms with Crippen molar-refractivity contribution in [1.82, 2.24) is 4.98 Å². The number of benzene rings is 2. The molecule has 0 saturated carbocycles. The van der Waals surface area contributed by atoms with Crippen molar-refractivity contribution in [2.75, 3.05) is 14.2 Å². The van der Waals surface area contributed by atoms with Crippen molar-refractivity contribution in [3.8, 4) is 22.8 Å². The van der Waals surface area contributed by atoms with Gasteiger partial charge in [-0.15, -0.1) is 0 Å². The Morgan fingerprint density at radius 3 is 2.46 bits per heavy atom. The molecule has 3 rings (SSSR count). The summed E-state index contributed by atoms with van der Waals surface area (Å²) in [5, 5.41) is 13.0. The van der Waals surface area contributed by atoms with E-state index >= 15 is 0 Å². The molecule has 0 aliphatic carbocycles. The molecule has 0 spiro atoms. The highest BCUT2D eigenvalue weighted by molar-refractivity contribution is 6.31. The van der Waals surface area contributed by atoms with Gasteiger partial charge in [-0.1, -0.05) is 17.7 Å². The summed E-state index contributed by atoms with van der Waals surface area (Å²) in [4.78, 5) is 25.9. The van der Waals surface area contributed by atoms with Crippen LogP contribution in [0.15, 0.2) is 36.4 Å². The number of allylic oxidation sites excluding steroid dienone is 1. The highest BCUT2D eigenvalue weighted by Crippen LogP contribution is 2.42. The minimum Gasteiger partial charge on any atom is -0.493 e. The Morgan fingerprint density at radius 1 is 1.18 bits per heavy atom. The van der Waals surface area contributed by atoms with Crippen molar-refractivity contribution < 1.29 is 19.2 Å². The molecule has 0 radical (unpaired) electrons. The molecule has 1 heterocycles. The molecule has 7 nitrogen and oxygen atoms in total. The van der Waals surface area contributed by atoms with E-state index in [1.165, 1.54) is 39.4 Å². The number of aromatic amines is 1. The molecule has 144 valence electrons. The zero-order chi connectivity index (χ0) is 20.4. The molecule has 0 fully saturated rings. The summed E-state index contributed by atoms with van der Waals surface area (Å²) in [7, 11) is 2.86. The van der Waals surface area contributed by atoms with Crippen molar-refractivity contribution in [1.29, 1.82) is 0 Å². The number of halogens is 1. The fourth-order valence-electron chi connectivity index (χ4n) is 3.00. The van der Waals surface area contributed by atoms with Gasteiger partial charge in [-0.05, 0) is 31.2 Å². The number of nitro groups is 1. The van der Waals surface area contributed by atoms with Crippen LogP contribution in [0.2, 0.25) is 5.02 Å². The molecule has 0 aliphatic heterocycles. The number of nitrogens with one attached hydrogen (secondary N) is 1. The van der Waals surface area contributed by atoms with Crippen LogP contribution >= 0.6 is 11.6 Å². The molecule has 3 aromatic rings. The van der Waals surface area contributed by atoms with Crippen molar-refractivity contribution in [3.05, 3.63) is 57.1 Å². The summed E-state index contributed by atoms with van der Waals surface area (Å²) in [5.41, 5.74) is 1.94. The zero-order valence-electron chi connectivity index (χ0n) is 15.4. The molecular formula is C20H17ClN2O5. The summed E-state index contributed by atoms with van der Waals surface area (Å²) in [6.45, 7) is 1.43. The van der Waals surface area contributed by atoms with Crippen LogP contribution in [0.4, 0.5) is 5.69 Å². The lowest BCUT2D eigenvalue weighted by molar-refractivity contribution is -0.384. The third-order valence-electron chi connectivity index (χ3n) is 4.25. The van der Waals surface area contributed by atoms with Gasteiger partial charge < -0.3 is 14.5 Å². The van der Waals surface area contributed by atoms with Gasteiger partial charge in [0.15, 0.2) is 17.3 Å². The molecular weight excluding hydrogens is 384 g/mol. The second kappa shape index (κ2) is 7.74. The minimum absolute atomic E-state index is 0.143. The minimum atomic E-state index is -0.492. The standard InChI is InChI=1S/C20H17ClN2O5/c1-11(24)4-6-14-13-7-5-12(21)8-16(13)22-20(14)15-9-18(27-2)19(28-3)10-17(15)23(25)26/h4-10,22H,1-3H3/b6-4+. The number of H-pyrrole nitrogens is 1. The Morgan fingerprint density at radius 2 is 1.86 bits per heavy atom. The summed E-state index contributed by atoms with van der Waals surface area (Å²) < 4.78 is 10.5. The first-order valence-electron chi connectivity index (χ1n) is 8.26. The molecule has 1 aromatic heterocycles. The fraction of sp³-hybridized carbons (Fsp3) is 0.150. The molecule has 28 heavy (non-hydrogen) atoms. The van der Waals surface area contributed by atoms with Crippen molar-refractivity contribution in [2.24, 2.45) is 0 Å². The summed E-state index contributed by atoms with van der Waals surface area (Å²) in [6.07, 6.45) is 3.04. The number of fused-ring (bicyclic) bond motifs is 1. The number of hydrogen-bond donors (Lipinski definition) is 1. The SMILES string of the molecule is COc1cc(-c2[nH]c3cc(Cl)ccc3c2/C=C/C(C)=O)c([N+](=O)[O-])cc1OC. The van der Waals surface area contributed by atoms with Crippen LogP contribution in [0.5, 0.6) is 11.5 Å². The molecule has 0 bridgehead atoms. The van der Waals surface area contributed by atoms with E-state index in [1.807, 2.05) is 0 Å². The Kier molecular flexibility index (Phi) is 5.37. The Balaban J connectivity index is 2.38. The van der Waals surface area contributed by atoms with Gasteiger partial charge in [0.25, 0.3) is 5.69 Å². The predicted molar refractivity (Wildman–Crippen MR) is 108 cm³/mol. The van der Waals surface area contributed by atoms with Gasteiger partial charge in [-0.2, -0.15) is 0 Å². The fourth-order valence-corrected chi connectivity index (χ4v) is 3.17. The van der Waals surface area contributed by atoms with E-state index in [9.17, 15) is 14.9 Å². The van der Waals surface area contributed by atoms with Crippen LogP contribution in [0.25, 0.3) is 28.2 Å². The number of methoxy groups -OCH3 is 2. The molecule has 8 heteroatoms. The highest BCUT2D eigenvalue weighted by Gasteiger charge is 2.24. The predicted octanol–water partition coefficient (Wildman–Crippen LogP) is 5.02. The average Bonchev–Trinajstić information content (AvgIpc) is 3.02. The number of aromatic nitrogens is 1. The molecule has 1 N–H and O–H groups in total. The van der Waals surface area contributed by atoms with Gasteiger partial charge in [0.1, 0.15) is 0 Å². The topological polar surface area (TPSA) is 94.5 Å². The number of carbonyl (C=O) groups excluding carboxylic acids is 1. The Hall–Kier alpha value is -3.32. The van der Waals surface area contributed by atoms with E-state index in [4.69, 9.17) is 21.1 Å². The van der Waals surface area contributed by atoms with E-state index in [-0.39, 0.29) is 17.2 Å². The lowest BCUT2D eigenvalue weighted by atomic mass is 10.0. The van der Waals surface area contributed by atoms with Gasteiger partial charge in [-0.3, -0.25) is 14.9 Å². The Labute approximate surface area is 165 Å². The number of nitro benzene ring substituents is 1. The second-order valence-electron chi connectivity index (χ2n) is 6.03. The first kappa shape index (κ1) is 19.4. The van der Waals surface area contributed by atoms with Crippen LogP contribution in [-0.4, -0.2) is 29.9 Å². The van der Waals surface area contributed by atoms with E-state index in [0.717, 1.165) is 5.39 Å². The maximum Gasteiger partial charge on any atom is 0.282 e. The smallest absolute Gasteiger partial charge is 0.282 e. The summed E-state index contributed by atoms with van der Waals surface area (Å²) in [6, 6.07) is 8.08. The van der Waals surface area contributed by atoms with Gasteiger partial charge >= 0.3 is 0 Å². The van der Waals surface area contributed by atoms with Crippen LogP contribution in [0.3, 0.4) is 0 Å². The Bertz CT molecular complexity index is 1120. The van der Waals surface area contributed by atoms with Gasteiger partial charge in [-0.25, -0.2) is 0 Å². The quantitative estimate of drug-likeness (QED) is 0.356. The average molecular weight is 401 g/mol. The maximum atomic E-state index is 11.7.